The van der Waals surface area contributed by atoms with Gasteiger partial charge in [0.1, 0.15) is 0 Å². The second-order valence-corrected chi connectivity index (χ2v) is 5.83. The van der Waals surface area contributed by atoms with Crippen molar-refractivity contribution in [2.75, 3.05) is 0 Å². The summed E-state index contributed by atoms with van der Waals surface area (Å²) in [5.74, 6) is -1.95. The van der Waals surface area contributed by atoms with Gasteiger partial charge >= 0.3 is 0 Å². The molecule has 0 unspecified atom stereocenters. The third-order valence-corrected chi connectivity index (χ3v) is 4.02. The lowest BCUT2D eigenvalue weighted by atomic mass is 10.0. The molecule has 3 rings (SSSR count). The number of aryl methyl sites for hydroxylation is 2. The summed E-state index contributed by atoms with van der Waals surface area (Å²) in [5.41, 5.74) is 4.32. The Kier molecular flexibility index (Phi) is 4.57. The topological polar surface area (TPSA) is 45.8 Å². The number of nitrogens with one attached hydrogen (secondary N) is 1. The van der Waals surface area contributed by atoms with Crippen molar-refractivity contribution in [3.63, 3.8) is 0 Å². The average molecular weight is 338 g/mol. The van der Waals surface area contributed by atoms with Crippen LogP contribution in [-0.2, 0) is 0 Å². The van der Waals surface area contributed by atoms with Crippen molar-refractivity contribution in [2.24, 2.45) is 0 Å². The number of nitrogens with zero attached hydrogens (tertiary/aromatic N) is 1. The smallest absolute Gasteiger partial charge is 0.185 e. The number of carbonyl (C=O) groups is 1. The van der Waals surface area contributed by atoms with Crippen molar-refractivity contribution in [1.29, 1.82) is 0 Å². The van der Waals surface area contributed by atoms with E-state index in [-0.39, 0.29) is 5.78 Å². The molecule has 0 spiro atoms. The molecule has 0 fully saturated rings. The lowest BCUT2D eigenvalue weighted by molar-refractivity contribution is 0.104. The third kappa shape index (κ3) is 3.71. The van der Waals surface area contributed by atoms with Crippen molar-refractivity contribution in [2.45, 2.75) is 13.8 Å². The molecule has 0 aliphatic carbocycles. The van der Waals surface area contributed by atoms with Crippen molar-refractivity contribution >= 4 is 11.9 Å². The molecule has 5 heteroatoms. The molecular formula is C20H16F2N2O. The van der Waals surface area contributed by atoms with E-state index in [9.17, 15) is 13.6 Å². The van der Waals surface area contributed by atoms with Gasteiger partial charge in [-0.25, -0.2) is 8.78 Å². The predicted octanol–water partition coefficient (Wildman–Crippen LogP) is 4.87. The van der Waals surface area contributed by atoms with Crippen LogP contribution < -0.4 is 0 Å². The maximum Gasteiger partial charge on any atom is 0.185 e. The number of aromatic amines is 1. The highest BCUT2D eigenvalue weighted by Crippen LogP contribution is 2.21. The fourth-order valence-electron chi connectivity index (χ4n) is 2.38. The van der Waals surface area contributed by atoms with Crippen LogP contribution in [0.4, 0.5) is 8.78 Å². The zero-order chi connectivity index (χ0) is 18.0. The highest BCUT2D eigenvalue weighted by Gasteiger charge is 2.08. The molecule has 0 saturated heterocycles. The number of halogens is 2. The van der Waals surface area contributed by atoms with E-state index in [0.717, 1.165) is 23.3 Å². The quantitative estimate of drug-likeness (QED) is 0.545. The molecule has 0 radical (unpaired) electrons. The molecule has 0 bridgehead atoms. The number of rotatable bonds is 4. The first kappa shape index (κ1) is 16.8. The largest absolute Gasteiger partial charge is 0.289 e. The molecule has 1 heterocycles. The van der Waals surface area contributed by atoms with Crippen molar-refractivity contribution in [3.05, 3.63) is 82.6 Å². The minimum atomic E-state index is -0.928. The van der Waals surface area contributed by atoms with E-state index in [1.165, 1.54) is 12.1 Å². The summed E-state index contributed by atoms with van der Waals surface area (Å²) in [6.45, 7) is 3.95. The van der Waals surface area contributed by atoms with Gasteiger partial charge in [-0.2, -0.15) is 5.10 Å². The summed E-state index contributed by atoms with van der Waals surface area (Å²) in [4.78, 5) is 12.2. The van der Waals surface area contributed by atoms with Crippen LogP contribution in [0.3, 0.4) is 0 Å². The molecule has 0 aliphatic heterocycles. The van der Waals surface area contributed by atoms with E-state index in [1.807, 2.05) is 26.0 Å². The van der Waals surface area contributed by atoms with Crippen LogP contribution in [-0.4, -0.2) is 16.0 Å². The van der Waals surface area contributed by atoms with E-state index < -0.39 is 11.6 Å². The summed E-state index contributed by atoms with van der Waals surface area (Å²) >= 11 is 0. The van der Waals surface area contributed by atoms with Crippen LogP contribution in [0.15, 0.2) is 48.5 Å². The van der Waals surface area contributed by atoms with Gasteiger partial charge in [-0.15, -0.1) is 0 Å². The summed E-state index contributed by atoms with van der Waals surface area (Å²) in [6.07, 6.45) is 3.06. The van der Waals surface area contributed by atoms with Crippen molar-refractivity contribution in [3.8, 4) is 11.3 Å². The molecule has 126 valence electrons. The van der Waals surface area contributed by atoms with Gasteiger partial charge in [0.25, 0.3) is 0 Å². The summed E-state index contributed by atoms with van der Waals surface area (Å²) in [7, 11) is 0. The maximum atomic E-state index is 13.3. The molecule has 0 saturated carbocycles. The molecule has 2 aromatic carbocycles. The van der Waals surface area contributed by atoms with Crippen LogP contribution >= 0.6 is 0 Å². The summed E-state index contributed by atoms with van der Waals surface area (Å²) in [5, 5.41) is 6.82. The van der Waals surface area contributed by atoms with Gasteiger partial charge < -0.3 is 0 Å². The number of aromatic nitrogens is 2. The van der Waals surface area contributed by atoms with Crippen molar-refractivity contribution in [1.82, 2.24) is 10.2 Å². The number of carbonyl (C=O) groups excluding carboxylic acids is 1. The first-order chi connectivity index (χ1) is 11.9. The van der Waals surface area contributed by atoms with Crippen LogP contribution in [0.5, 0.6) is 0 Å². The molecule has 0 aliphatic rings. The number of H-pyrrole nitrogens is 1. The second-order valence-electron chi connectivity index (χ2n) is 5.83. The van der Waals surface area contributed by atoms with Gasteiger partial charge in [-0.3, -0.25) is 9.89 Å². The number of hydrogen-bond donors (Lipinski definition) is 1. The van der Waals surface area contributed by atoms with E-state index in [1.54, 1.807) is 18.2 Å². The highest BCUT2D eigenvalue weighted by atomic mass is 19.2. The first-order valence-electron chi connectivity index (χ1n) is 7.74. The maximum absolute atomic E-state index is 13.3. The van der Waals surface area contributed by atoms with Gasteiger partial charge in [0.2, 0.25) is 0 Å². The average Bonchev–Trinajstić information content (AvgIpc) is 3.06. The Hall–Kier alpha value is -3.08. The summed E-state index contributed by atoms with van der Waals surface area (Å²) in [6, 6.07) is 10.8. The Labute approximate surface area is 144 Å². The Balaban J connectivity index is 1.78. The lowest BCUT2D eigenvalue weighted by Gasteiger charge is -2.01. The molecule has 25 heavy (non-hydrogen) atoms. The molecule has 1 N–H and O–H groups in total. The third-order valence-electron chi connectivity index (χ3n) is 4.02. The SMILES string of the molecule is Cc1ccc(C(=O)/C=C/c2cc(-c3ccc(F)c(F)c3)n[nH]2)cc1C. The monoisotopic (exact) mass is 338 g/mol. The van der Waals surface area contributed by atoms with Gasteiger partial charge in [0, 0.05) is 11.1 Å². The zero-order valence-corrected chi connectivity index (χ0v) is 13.8. The number of ketones is 1. The van der Waals surface area contributed by atoms with Crippen LogP contribution in [0.2, 0.25) is 0 Å². The number of benzene rings is 2. The molecule has 3 aromatic rings. The Bertz CT molecular complexity index is 974. The van der Waals surface area contributed by atoms with Gasteiger partial charge in [0.05, 0.1) is 11.4 Å². The van der Waals surface area contributed by atoms with Crippen LogP contribution in [0, 0.1) is 25.5 Å². The lowest BCUT2D eigenvalue weighted by Crippen LogP contribution is -1.95. The van der Waals surface area contributed by atoms with Gasteiger partial charge in [-0.1, -0.05) is 12.1 Å². The number of allylic oxidation sites excluding steroid dienone is 1. The van der Waals surface area contributed by atoms with E-state index in [4.69, 9.17) is 0 Å². The van der Waals surface area contributed by atoms with E-state index >= 15 is 0 Å². The standard InChI is InChI=1S/C20H16F2N2O/c1-12-3-4-15(9-13(12)2)20(25)8-6-16-11-19(24-23-16)14-5-7-17(21)18(22)10-14/h3-11H,1-2H3,(H,23,24)/b8-6+. The molecule has 0 amide bonds. The zero-order valence-electron chi connectivity index (χ0n) is 13.8. The fraction of sp³-hybridized carbons (Fsp3) is 0.100. The Morgan fingerprint density at radius 1 is 1.00 bits per heavy atom. The van der Waals surface area contributed by atoms with Crippen LogP contribution in [0.1, 0.15) is 27.2 Å². The van der Waals surface area contributed by atoms with E-state index in [2.05, 4.69) is 10.2 Å². The Morgan fingerprint density at radius 2 is 1.80 bits per heavy atom. The van der Waals surface area contributed by atoms with E-state index in [0.29, 0.717) is 22.5 Å². The normalized spacial score (nSPS) is 11.2. The minimum absolute atomic E-state index is 0.118. The second kappa shape index (κ2) is 6.81. The summed E-state index contributed by atoms with van der Waals surface area (Å²) < 4.78 is 26.3. The van der Waals surface area contributed by atoms with Gasteiger partial charge in [-0.05, 0) is 67.5 Å². The van der Waals surface area contributed by atoms with Crippen molar-refractivity contribution < 1.29 is 13.6 Å². The molecular weight excluding hydrogens is 322 g/mol. The molecule has 1 aromatic heterocycles. The first-order valence-corrected chi connectivity index (χ1v) is 7.74. The van der Waals surface area contributed by atoms with Crippen LogP contribution in [0.25, 0.3) is 17.3 Å². The Morgan fingerprint density at radius 3 is 2.52 bits per heavy atom. The number of hydrogen-bond acceptors (Lipinski definition) is 2. The fourth-order valence-corrected chi connectivity index (χ4v) is 2.38. The minimum Gasteiger partial charge on any atom is -0.289 e. The molecule has 0 atom stereocenters. The van der Waals surface area contributed by atoms with Gasteiger partial charge in [0.15, 0.2) is 17.4 Å². The molecule has 3 nitrogen and oxygen atoms in total. The predicted molar refractivity (Wildman–Crippen MR) is 93.2 cm³/mol. The highest BCUT2D eigenvalue weighted by molar-refractivity contribution is 6.06.